The minimum absolute atomic E-state index is 0.212. The Hall–Kier alpha value is -2.08. The van der Waals surface area contributed by atoms with E-state index in [4.69, 9.17) is 5.73 Å². The van der Waals surface area contributed by atoms with Crippen molar-refractivity contribution in [1.29, 1.82) is 0 Å². The molecule has 0 unspecified atom stereocenters. The van der Waals surface area contributed by atoms with Crippen LogP contribution in [0.3, 0.4) is 0 Å². The summed E-state index contributed by atoms with van der Waals surface area (Å²) in [6.07, 6.45) is 5.11. The van der Waals surface area contributed by atoms with Crippen LogP contribution < -0.4 is 5.73 Å². The number of nitrogens with two attached hydrogens (primary N) is 1. The zero-order valence-corrected chi connectivity index (χ0v) is 10.8. The third-order valence-electron chi connectivity index (χ3n) is 2.49. The summed E-state index contributed by atoms with van der Waals surface area (Å²) < 4.78 is 0.874. The van der Waals surface area contributed by atoms with Crippen molar-refractivity contribution in [2.75, 3.05) is 5.73 Å². The largest absolute Gasteiger partial charge is 0.368 e. The smallest absolute Gasteiger partial charge is 0.222 e. The lowest BCUT2D eigenvalue weighted by Crippen LogP contribution is -1.99. The van der Waals surface area contributed by atoms with E-state index in [9.17, 15) is 0 Å². The first kappa shape index (κ1) is 11.0. The number of pyridine rings is 2. The third kappa shape index (κ3) is 1.91. The SMILES string of the molecule is Nc1nc(-c2ccncc2)c2cc(Br)cnc2n1. The predicted octanol–water partition coefficient (Wildman–Crippen LogP) is 2.43. The summed E-state index contributed by atoms with van der Waals surface area (Å²) in [5.74, 6) is 0.212. The fourth-order valence-corrected chi connectivity index (χ4v) is 2.06. The van der Waals surface area contributed by atoms with Crippen molar-refractivity contribution < 1.29 is 0 Å². The lowest BCUT2D eigenvalue weighted by Gasteiger charge is -2.06. The van der Waals surface area contributed by atoms with Gasteiger partial charge in [0.05, 0.1) is 5.69 Å². The molecule has 3 aromatic rings. The molecule has 0 amide bonds. The minimum Gasteiger partial charge on any atom is -0.368 e. The normalized spacial score (nSPS) is 10.7. The van der Waals surface area contributed by atoms with Crippen LogP contribution in [0, 0.1) is 0 Å². The predicted molar refractivity (Wildman–Crippen MR) is 72.7 cm³/mol. The molecule has 3 heterocycles. The van der Waals surface area contributed by atoms with Gasteiger partial charge in [0.25, 0.3) is 0 Å². The highest BCUT2D eigenvalue weighted by molar-refractivity contribution is 9.10. The fraction of sp³-hybridized carbons (Fsp3) is 0. The molecule has 2 N–H and O–H groups in total. The molecule has 0 aliphatic heterocycles. The Bertz CT molecular complexity index is 714. The molecule has 18 heavy (non-hydrogen) atoms. The highest BCUT2D eigenvalue weighted by Gasteiger charge is 2.09. The molecule has 0 spiro atoms. The van der Waals surface area contributed by atoms with Crippen molar-refractivity contribution in [2.45, 2.75) is 0 Å². The summed E-state index contributed by atoms with van der Waals surface area (Å²) in [6, 6.07) is 5.68. The molecular weight excluding hydrogens is 294 g/mol. The van der Waals surface area contributed by atoms with Crippen LogP contribution in [0.4, 0.5) is 5.95 Å². The molecule has 3 rings (SSSR count). The summed E-state index contributed by atoms with van der Waals surface area (Å²) in [6.45, 7) is 0. The number of nitrogen functional groups attached to an aromatic ring is 1. The maximum atomic E-state index is 5.71. The van der Waals surface area contributed by atoms with Crippen molar-refractivity contribution in [3.63, 3.8) is 0 Å². The summed E-state index contributed by atoms with van der Waals surface area (Å²) in [5, 5.41) is 0.852. The van der Waals surface area contributed by atoms with Crippen molar-refractivity contribution in [2.24, 2.45) is 0 Å². The Balaban J connectivity index is 2.37. The molecule has 0 saturated heterocycles. The van der Waals surface area contributed by atoms with Gasteiger partial charge >= 0.3 is 0 Å². The number of hydrogen-bond donors (Lipinski definition) is 1. The quantitative estimate of drug-likeness (QED) is 0.747. The van der Waals surface area contributed by atoms with E-state index in [0.29, 0.717) is 5.65 Å². The maximum absolute atomic E-state index is 5.71. The number of rotatable bonds is 1. The summed E-state index contributed by atoms with van der Waals surface area (Å²) in [7, 11) is 0. The second-order valence-corrected chi connectivity index (χ2v) is 4.61. The lowest BCUT2D eigenvalue weighted by molar-refractivity contribution is 1.19. The molecule has 0 atom stereocenters. The van der Waals surface area contributed by atoms with Crippen LogP contribution in [0.15, 0.2) is 41.3 Å². The summed E-state index contributed by atoms with van der Waals surface area (Å²) in [4.78, 5) is 16.6. The first-order valence-electron chi connectivity index (χ1n) is 5.23. The van der Waals surface area contributed by atoms with E-state index in [2.05, 4.69) is 35.9 Å². The Morgan fingerprint density at radius 2 is 1.89 bits per heavy atom. The van der Waals surface area contributed by atoms with Gasteiger partial charge in [0, 0.05) is 34.0 Å². The second kappa shape index (κ2) is 4.30. The van der Waals surface area contributed by atoms with Crippen LogP contribution in [0.1, 0.15) is 0 Å². The molecule has 88 valence electrons. The first-order chi connectivity index (χ1) is 8.74. The van der Waals surface area contributed by atoms with Gasteiger partial charge in [0.15, 0.2) is 5.65 Å². The zero-order chi connectivity index (χ0) is 12.5. The first-order valence-corrected chi connectivity index (χ1v) is 6.02. The van der Waals surface area contributed by atoms with Gasteiger partial charge < -0.3 is 5.73 Å². The number of fused-ring (bicyclic) bond motifs is 1. The van der Waals surface area contributed by atoms with Crippen LogP contribution in [0.25, 0.3) is 22.3 Å². The topological polar surface area (TPSA) is 77.6 Å². The molecule has 5 nitrogen and oxygen atoms in total. The van der Waals surface area contributed by atoms with Gasteiger partial charge in [-0.2, -0.15) is 4.98 Å². The van der Waals surface area contributed by atoms with E-state index < -0.39 is 0 Å². The maximum Gasteiger partial charge on any atom is 0.222 e. The Kier molecular flexibility index (Phi) is 2.64. The van der Waals surface area contributed by atoms with E-state index in [1.54, 1.807) is 18.6 Å². The number of halogens is 1. The average Bonchev–Trinajstić information content (AvgIpc) is 2.39. The van der Waals surface area contributed by atoms with Crippen LogP contribution in [-0.4, -0.2) is 19.9 Å². The Morgan fingerprint density at radius 1 is 1.11 bits per heavy atom. The van der Waals surface area contributed by atoms with E-state index in [0.717, 1.165) is 21.1 Å². The monoisotopic (exact) mass is 301 g/mol. The number of nitrogens with zero attached hydrogens (tertiary/aromatic N) is 4. The number of hydrogen-bond acceptors (Lipinski definition) is 5. The number of aromatic nitrogens is 4. The molecule has 0 fully saturated rings. The van der Waals surface area contributed by atoms with Gasteiger partial charge in [0.1, 0.15) is 0 Å². The highest BCUT2D eigenvalue weighted by Crippen LogP contribution is 2.27. The molecule has 3 aromatic heterocycles. The molecule has 0 aromatic carbocycles. The third-order valence-corrected chi connectivity index (χ3v) is 2.92. The zero-order valence-electron chi connectivity index (χ0n) is 9.21. The van der Waals surface area contributed by atoms with Gasteiger partial charge in [0.2, 0.25) is 5.95 Å². The molecule has 0 aliphatic rings. The Morgan fingerprint density at radius 3 is 2.67 bits per heavy atom. The summed E-state index contributed by atoms with van der Waals surface area (Å²) >= 11 is 3.40. The van der Waals surface area contributed by atoms with Crippen LogP contribution in [0.5, 0.6) is 0 Å². The van der Waals surface area contributed by atoms with Crippen LogP contribution in [0.2, 0.25) is 0 Å². The van der Waals surface area contributed by atoms with Crippen LogP contribution >= 0.6 is 15.9 Å². The Labute approximate surface area is 111 Å². The lowest BCUT2D eigenvalue weighted by atomic mass is 10.1. The van der Waals surface area contributed by atoms with Crippen molar-refractivity contribution in [1.82, 2.24) is 19.9 Å². The van der Waals surface area contributed by atoms with E-state index in [1.165, 1.54) is 0 Å². The molecule has 0 bridgehead atoms. The van der Waals surface area contributed by atoms with Crippen LogP contribution in [-0.2, 0) is 0 Å². The number of anilines is 1. The van der Waals surface area contributed by atoms with E-state index in [1.807, 2.05) is 18.2 Å². The highest BCUT2D eigenvalue weighted by atomic mass is 79.9. The van der Waals surface area contributed by atoms with Gasteiger partial charge in [-0.15, -0.1) is 0 Å². The second-order valence-electron chi connectivity index (χ2n) is 3.69. The molecule has 6 heteroatoms. The molecule has 0 aliphatic carbocycles. The average molecular weight is 302 g/mol. The van der Waals surface area contributed by atoms with Gasteiger partial charge in [-0.25, -0.2) is 9.97 Å². The minimum atomic E-state index is 0.212. The van der Waals surface area contributed by atoms with Crippen molar-refractivity contribution in [3.8, 4) is 11.3 Å². The van der Waals surface area contributed by atoms with E-state index in [-0.39, 0.29) is 5.95 Å². The van der Waals surface area contributed by atoms with Crippen molar-refractivity contribution in [3.05, 3.63) is 41.3 Å². The fourth-order valence-electron chi connectivity index (χ4n) is 1.73. The van der Waals surface area contributed by atoms with E-state index >= 15 is 0 Å². The van der Waals surface area contributed by atoms with Gasteiger partial charge in [-0.1, -0.05) is 0 Å². The standard InChI is InChI=1S/C12H8BrN5/c13-8-5-9-10(7-1-3-15-4-2-7)17-12(14)18-11(9)16-6-8/h1-6H,(H2,14,16,17,18). The summed E-state index contributed by atoms with van der Waals surface area (Å²) in [5.41, 5.74) is 7.98. The van der Waals surface area contributed by atoms with Crippen molar-refractivity contribution >= 4 is 32.9 Å². The van der Waals surface area contributed by atoms with Gasteiger partial charge in [-0.3, -0.25) is 4.98 Å². The molecule has 0 saturated carbocycles. The molecule has 0 radical (unpaired) electrons. The molecular formula is C12H8BrN5. The van der Waals surface area contributed by atoms with Gasteiger partial charge in [-0.05, 0) is 34.1 Å².